The molecule has 5 nitrogen and oxygen atoms in total. The number of fused-ring (bicyclic) bond motifs is 2. The third-order valence-electron chi connectivity index (χ3n) is 5.61. The predicted molar refractivity (Wildman–Crippen MR) is 103 cm³/mol. The Morgan fingerprint density at radius 3 is 2.74 bits per heavy atom. The zero-order valence-corrected chi connectivity index (χ0v) is 16.1. The van der Waals surface area contributed by atoms with Crippen molar-refractivity contribution in [2.75, 3.05) is 27.5 Å². The number of carbonyl (C=O) groups excluding carboxylic acids is 1. The van der Waals surface area contributed by atoms with Gasteiger partial charge in [-0.3, -0.25) is 9.69 Å². The third kappa shape index (κ3) is 3.16. The summed E-state index contributed by atoms with van der Waals surface area (Å²) in [5, 5.41) is 0. The van der Waals surface area contributed by atoms with E-state index in [1.807, 2.05) is 30.3 Å². The van der Waals surface area contributed by atoms with Crippen LogP contribution in [0.2, 0.25) is 0 Å². The van der Waals surface area contributed by atoms with E-state index in [0.29, 0.717) is 17.9 Å². The first-order valence-corrected chi connectivity index (χ1v) is 9.44. The maximum Gasteiger partial charge on any atom is 0.231 e. The molecule has 0 saturated carbocycles. The van der Waals surface area contributed by atoms with Gasteiger partial charge in [0.05, 0.1) is 7.11 Å². The molecule has 0 radical (unpaired) electrons. The predicted octanol–water partition coefficient (Wildman–Crippen LogP) is 3.79. The van der Waals surface area contributed by atoms with Crippen molar-refractivity contribution in [3.05, 3.63) is 52.6 Å². The molecule has 2 aromatic rings. The molecule has 0 unspecified atom stereocenters. The van der Waals surface area contributed by atoms with Gasteiger partial charge < -0.3 is 14.2 Å². The largest absolute Gasteiger partial charge is 0.492 e. The molecule has 2 aliphatic heterocycles. The first-order valence-electron chi connectivity index (χ1n) is 9.44. The molecule has 2 aliphatic rings. The molecule has 2 aromatic carbocycles. The normalized spacial score (nSPS) is 18.3. The van der Waals surface area contributed by atoms with E-state index >= 15 is 0 Å². The zero-order valence-electron chi connectivity index (χ0n) is 16.1. The summed E-state index contributed by atoms with van der Waals surface area (Å²) in [4.78, 5) is 15.2. The standard InChI is InChI=1S/C22H25NO4/c1-4-14-5-7-15(8-6-14)18(24)12-17-20-16(9-10-23(17)2)11-19-21(22(20)25-3)27-13-26-19/h5-8,11,17H,4,9-10,12-13H2,1-3H3/t17-/m0/s1. The first kappa shape index (κ1) is 17.9. The number of methoxy groups -OCH3 is 1. The van der Waals surface area contributed by atoms with E-state index in [-0.39, 0.29) is 18.6 Å². The minimum Gasteiger partial charge on any atom is -0.492 e. The van der Waals surface area contributed by atoms with Crippen molar-refractivity contribution in [2.24, 2.45) is 0 Å². The second-order valence-electron chi connectivity index (χ2n) is 7.14. The fourth-order valence-electron chi connectivity index (χ4n) is 4.00. The second kappa shape index (κ2) is 7.24. The van der Waals surface area contributed by atoms with Gasteiger partial charge >= 0.3 is 0 Å². The Labute approximate surface area is 159 Å². The summed E-state index contributed by atoms with van der Waals surface area (Å²) in [5.74, 6) is 2.22. The lowest BCUT2D eigenvalue weighted by molar-refractivity contribution is 0.0925. The fourth-order valence-corrected chi connectivity index (χ4v) is 4.00. The number of rotatable bonds is 5. The number of Topliss-reactive ketones (excluding diaryl/α,β-unsaturated/α-hetero) is 1. The van der Waals surface area contributed by atoms with Crippen molar-refractivity contribution >= 4 is 5.78 Å². The SMILES string of the molecule is CCc1ccc(C(=O)C[C@H]2c3c(cc4c(c3OC)OCO4)CCN2C)cc1. The van der Waals surface area contributed by atoms with E-state index in [4.69, 9.17) is 14.2 Å². The molecule has 4 rings (SSSR count). The van der Waals surface area contributed by atoms with Crippen LogP contribution in [-0.2, 0) is 12.8 Å². The molecule has 1 atom stereocenters. The van der Waals surface area contributed by atoms with Crippen LogP contribution in [-0.4, -0.2) is 38.2 Å². The van der Waals surface area contributed by atoms with Crippen LogP contribution in [0.3, 0.4) is 0 Å². The molecule has 0 saturated heterocycles. The lowest BCUT2D eigenvalue weighted by Gasteiger charge is -2.35. The van der Waals surface area contributed by atoms with E-state index in [1.165, 1.54) is 11.1 Å². The smallest absolute Gasteiger partial charge is 0.231 e. The van der Waals surface area contributed by atoms with Crippen LogP contribution in [0, 0.1) is 0 Å². The van der Waals surface area contributed by atoms with Crippen LogP contribution < -0.4 is 14.2 Å². The highest BCUT2D eigenvalue weighted by molar-refractivity contribution is 5.96. The van der Waals surface area contributed by atoms with Gasteiger partial charge in [-0.15, -0.1) is 0 Å². The van der Waals surface area contributed by atoms with Gasteiger partial charge in [-0.05, 0) is 37.1 Å². The number of benzene rings is 2. The van der Waals surface area contributed by atoms with Crippen molar-refractivity contribution in [2.45, 2.75) is 32.2 Å². The number of ketones is 1. The molecule has 0 bridgehead atoms. The van der Waals surface area contributed by atoms with Gasteiger partial charge in [0.2, 0.25) is 12.5 Å². The molecule has 0 spiro atoms. The van der Waals surface area contributed by atoms with Crippen LogP contribution in [0.5, 0.6) is 17.2 Å². The summed E-state index contributed by atoms with van der Waals surface area (Å²) in [6.45, 7) is 3.21. The number of hydrogen-bond donors (Lipinski definition) is 0. The summed E-state index contributed by atoms with van der Waals surface area (Å²) >= 11 is 0. The lowest BCUT2D eigenvalue weighted by atomic mass is 9.87. The van der Waals surface area contributed by atoms with Crippen molar-refractivity contribution in [3.63, 3.8) is 0 Å². The Hall–Kier alpha value is -2.53. The van der Waals surface area contributed by atoms with Crippen molar-refractivity contribution in [1.82, 2.24) is 4.90 Å². The maximum atomic E-state index is 13.0. The summed E-state index contributed by atoms with van der Waals surface area (Å²) in [7, 11) is 3.71. The van der Waals surface area contributed by atoms with Gasteiger partial charge in [0.25, 0.3) is 0 Å². The van der Waals surface area contributed by atoms with E-state index in [0.717, 1.165) is 36.3 Å². The Balaban J connectivity index is 1.68. The minimum absolute atomic E-state index is 0.0449. The van der Waals surface area contributed by atoms with Crippen LogP contribution in [0.4, 0.5) is 0 Å². The number of likely N-dealkylation sites (N-methyl/N-ethyl adjacent to an activating group) is 1. The number of ether oxygens (including phenoxy) is 3. The van der Waals surface area contributed by atoms with E-state index in [9.17, 15) is 4.79 Å². The molecule has 0 aromatic heterocycles. The average Bonchev–Trinajstić information content (AvgIpc) is 3.16. The Bertz CT molecular complexity index is 860. The van der Waals surface area contributed by atoms with Crippen molar-refractivity contribution in [1.29, 1.82) is 0 Å². The number of hydrogen-bond acceptors (Lipinski definition) is 5. The lowest BCUT2D eigenvalue weighted by Crippen LogP contribution is -2.34. The molecule has 0 amide bonds. The van der Waals surface area contributed by atoms with E-state index in [2.05, 4.69) is 18.9 Å². The summed E-state index contributed by atoms with van der Waals surface area (Å²) in [6.07, 6.45) is 2.28. The summed E-state index contributed by atoms with van der Waals surface area (Å²) < 4.78 is 16.9. The number of carbonyl (C=O) groups is 1. The van der Waals surface area contributed by atoms with E-state index in [1.54, 1.807) is 7.11 Å². The van der Waals surface area contributed by atoms with Crippen molar-refractivity contribution in [3.8, 4) is 17.2 Å². The minimum atomic E-state index is -0.0449. The molecule has 5 heteroatoms. The van der Waals surface area contributed by atoms with E-state index < -0.39 is 0 Å². The summed E-state index contributed by atoms with van der Waals surface area (Å²) in [6, 6.07) is 9.93. The molecule has 27 heavy (non-hydrogen) atoms. The Morgan fingerprint density at radius 2 is 2.04 bits per heavy atom. The monoisotopic (exact) mass is 367 g/mol. The molecule has 142 valence electrons. The quantitative estimate of drug-likeness (QED) is 0.753. The second-order valence-corrected chi connectivity index (χ2v) is 7.14. The van der Waals surface area contributed by atoms with Crippen LogP contribution in [0.1, 0.15) is 46.4 Å². The third-order valence-corrected chi connectivity index (χ3v) is 5.61. The van der Waals surface area contributed by atoms with Gasteiger partial charge in [0.1, 0.15) is 0 Å². The maximum absolute atomic E-state index is 13.0. The Kier molecular flexibility index (Phi) is 4.79. The van der Waals surface area contributed by atoms with Crippen LogP contribution >= 0.6 is 0 Å². The number of aryl methyl sites for hydroxylation is 1. The van der Waals surface area contributed by atoms with Gasteiger partial charge in [-0.1, -0.05) is 31.2 Å². The van der Waals surface area contributed by atoms with Gasteiger partial charge in [-0.2, -0.15) is 0 Å². The highest BCUT2D eigenvalue weighted by Crippen LogP contribution is 2.50. The van der Waals surface area contributed by atoms with Gasteiger partial charge in [0.15, 0.2) is 17.3 Å². The van der Waals surface area contributed by atoms with Crippen LogP contribution in [0.25, 0.3) is 0 Å². The van der Waals surface area contributed by atoms with Gasteiger partial charge in [-0.25, -0.2) is 0 Å². The molecule has 2 heterocycles. The van der Waals surface area contributed by atoms with Gasteiger partial charge in [0, 0.05) is 30.1 Å². The number of nitrogens with zero attached hydrogens (tertiary/aromatic N) is 1. The molecule has 0 N–H and O–H groups in total. The Morgan fingerprint density at radius 1 is 1.26 bits per heavy atom. The zero-order chi connectivity index (χ0) is 19.0. The topological polar surface area (TPSA) is 48.0 Å². The average molecular weight is 367 g/mol. The summed E-state index contributed by atoms with van der Waals surface area (Å²) in [5.41, 5.74) is 4.22. The molecule has 0 aliphatic carbocycles. The first-order chi connectivity index (χ1) is 13.1. The highest BCUT2D eigenvalue weighted by Gasteiger charge is 2.35. The molecule has 0 fully saturated rings. The molecular formula is C22H25NO4. The highest BCUT2D eigenvalue weighted by atomic mass is 16.7. The molecular weight excluding hydrogens is 342 g/mol. The fraction of sp³-hybridized carbons (Fsp3) is 0.409. The van der Waals surface area contributed by atoms with Crippen molar-refractivity contribution < 1.29 is 19.0 Å². The van der Waals surface area contributed by atoms with Crippen LogP contribution in [0.15, 0.2) is 30.3 Å².